The number of nitrogens with zero attached hydrogens (tertiary/aromatic N) is 1. The molecule has 0 spiro atoms. The Morgan fingerprint density at radius 3 is 2.74 bits per heavy atom. The second kappa shape index (κ2) is 6.11. The highest BCUT2D eigenvalue weighted by atomic mass is 32.2. The Labute approximate surface area is 135 Å². The topological polar surface area (TPSA) is 87.3 Å². The van der Waals surface area contributed by atoms with Crippen LogP contribution in [0.3, 0.4) is 0 Å². The number of hydrogen-bond acceptors (Lipinski definition) is 4. The average Bonchev–Trinajstić information content (AvgIpc) is 2.87. The molecule has 0 bridgehead atoms. The summed E-state index contributed by atoms with van der Waals surface area (Å²) in [6.45, 7) is 2.21. The molecule has 1 aromatic rings. The van der Waals surface area contributed by atoms with Crippen LogP contribution in [0.4, 0.5) is 0 Å². The van der Waals surface area contributed by atoms with Crippen molar-refractivity contribution < 1.29 is 13.2 Å². The predicted octanol–water partition coefficient (Wildman–Crippen LogP) is 0.903. The Morgan fingerprint density at radius 1 is 1.35 bits per heavy atom. The monoisotopic (exact) mass is 338 g/mol. The molecular formula is C16H22N2O4S. The minimum absolute atomic E-state index is 0.00454. The molecule has 6 nitrogen and oxygen atoms in total. The van der Waals surface area contributed by atoms with Gasteiger partial charge in [-0.05, 0) is 50.7 Å². The van der Waals surface area contributed by atoms with E-state index >= 15 is 0 Å². The number of carbonyl (C=O) groups excluding carboxylic acids is 1. The number of H-pyrrole nitrogens is 1. The molecule has 0 aromatic carbocycles. The van der Waals surface area contributed by atoms with Gasteiger partial charge < -0.3 is 9.88 Å². The second-order valence-electron chi connectivity index (χ2n) is 6.37. The third-order valence-corrected chi connectivity index (χ3v) is 6.57. The van der Waals surface area contributed by atoms with E-state index < -0.39 is 9.84 Å². The molecule has 0 radical (unpaired) electrons. The van der Waals surface area contributed by atoms with E-state index in [0.717, 1.165) is 36.9 Å². The van der Waals surface area contributed by atoms with Crippen molar-refractivity contribution in [3.63, 3.8) is 0 Å². The van der Waals surface area contributed by atoms with Gasteiger partial charge >= 0.3 is 0 Å². The zero-order valence-corrected chi connectivity index (χ0v) is 14.1. The van der Waals surface area contributed by atoms with Gasteiger partial charge in [-0.2, -0.15) is 0 Å². The molecule has 1 aromatic heterocycles. The van der Waals surface area contributed by atoms with E-state index in [1.807, 2.05) is 6.92 Å². The number of aryl methyl sites for hydroxylation is 2. The van der Waals surface area contributed by atoms with Gasteiger partial charge in [-0.3, -0.25) is 9.59 Å². The third kappa shape index (κ3) is 3.20. The van der Waals surface area contributed by atoms with Gasteiger partial charge in [0.15, 0.2) is 9.84 Å². The van der Waals surface area contributed by atoms with Gasteiger partial charge in [0.2, 0.25) is 0 Å². The molecule has 0 unspecified atom stereocenters. The largest absolute Gasteiger partial charge is 0.335 e. The van der Waals surface area contributed by atoms with E-state index in [1.165, 1.54) is 4.90 Å². The van der Waals surface area contributed by atoms with Gasteiger partial charge in [0, 0.05) is 18.3 Å². The number of sulfone groups is 1. The second-order valence-corrected chi connectivity index (χ2v) is 8.60. The highest BCUT2D eigenvalue weighted by molar-refractivity contribution is 7.91. The molecule has 0 saturated carbocycles. The highest BCUT2D eigenvalue weighted by Crippen LogP contribution is 2.22. The molecule has 3 rings (SSSR count). The first-order valence-corrected chi connectivity index (χ1v) is 10.00. The maximum atomic E-state index is 12.8. The van der Waals surface area contributed by atoms with E-state index in [4.69, 9.17) is 0 Å². The summed E-state index contributed by atoms with van der Waals surface area (Å²) in [4.78, 5) is 29.4. The van der Waals surface area contributed by atoms with Crippen LogP contribution in [-0.2, 0) is 22.7 Å². The van der Waals surface area contributed by atoms with Gasteiger partial charge in [-0.15, -0.1) is 0 Å². The number of aromatic amines is 1. The average molecular weight is 338 g/mol. The van der Waals surface area contributed by atoms with Crippen LogP contribution < -0.4 is 5.56 Å². The summed E-state index contributed by atoms with van der Waals surface area (Å²) >= 11 is 0. The van der Waals surface area contributed by atoms with Gasteiger partial charge in [0.25, 0.3) is 11.5 Å². The van der Waals surface area contributed by atoms with Crippen molar-refractivity contribution in [3.05, 3.63) is 33.2 Å². The molecule has 1 N–H and O–H groups in total. The van der Waals surface area contributed by atoms with Crippen LogP contribution >= 0.6 is 0 Å². The molecule has 2 aliphatic rings. The number of rotatable bonds is 3. The summed E-state index contributed by atoms with van der Waals surface area (Å²) in [5, 5.41) is 0. The van der Waals surface area contributed by atoms with Crippen LogP contribution in [-0.4, -0.2) is 48.3 Å². The van der Waals surface area contributed by atoms with Crippen LogP contribution in [0.5, 0.6) is 0 Å². The van der Waals surface area contributed by atoms with Crippen LogP contribution in [0.15, 0.2) is 10.9 Å². The summed E-state index contributed by atoms with van der Waals surface area (Å²) < 4.78 is 23.3. The van der Waals surface area contributed by atoms with E-state index in [-0.39, 0.29) is 34.6 Å². The lowest BCUT2D eigenvalue weighted by Crippen LogP contribution is -2.43. The van der Waals surface area contributed by atoms with E-state index in [2.05, 4.69) is 4.98 Å². The minimum Gasteiger partial charge on any atom is -0.335 e. The number of nitrogens with one attached hydrogen (secondary N) is 1. The zero-order valence-electron chi connectivity index (χ0n) is 13.3. The van der Waals surface area contributed by atoms with Crippen LogP contribution in [0.2, 0.25) is 0 Å². The number of fused-ring (bicyclic) bond motifs is 1. The SMILES string of the molecule is CCN(C(=O)c1cc2c([nH]c1=O)CCCC2)[C@@H]1CCS(=O)(=O)C1. The molecule has 1 aliphatic heterocycles. The number of aromatic nitrogens is 1. The molecule has 1 fully saturated rings. The molecule has 7 heteroatoms. The Hall–Kier alpha value is -1.63. The Bertz CT molecular complexity index is 782. The lowest BCUT2D eigenvalue weighted by atomic mass is 9.94. The summed E-state index contributed by atoms with van der Waals surface area (Å²) in [5.74, 6) is -0.249. The van der Waals surface area contributed by atoms with Crippen molar-refractivity contribution in [2.45, 2.75) is 45.1 Å². The number of carbonyl (C=O) groups is 1. The molecule has 1 aliphatic carbocycles. The number of hydrogen-bond donors (Lipinski definition) is 1. The van der Waals surface area contributed by atoms with Crippen molar-refractivity contribution in [1.29, 1.82) is 0 Å². The van der Waals surface area contributed by atoms with Crippen molar-refractivity contribution in [2.75, 3.05) is 18.1 Å². The zero-order chi connectivity index (χ0) is 16.6. The fourth-order valence-corrected chi connectivity index (χ4v) is 5.31. The fraction of sp³-hybridized carbons (Fsp3) is 0.625. The molecule has 126 valence electrons. The summed E-state index contributed by atoms with van der Waals surface area (Å²) in [5.41, 5.74) is 1.74. The molecular weight excluding hydrogens is 316 g/mol. The number of pyridine rings is 1. The summed E-state index contributed by atoms with van der Waals surface area (Å²) in [7, 11) is -3.07. The minimum atomic E-state index is -3.07. The van der Waals surface area contributed by atoms with Crippen molar-refractivity contribution >= 4 is 15.7 Å². The molecule has 23 heavy (non-hydrogen) atoms. The highest BCUT2D eigenvalue weighted by Gasteiger charge is 2.35. The maximum Gasteiger partial charge on any atom is 0.261 e. The van der Waals surface area contributed by atoms with Crippen LogP contribution in [0.25, 0.3) is 0 Å². The smallest absolute Gasteiger partial charge is 0.261 e. The van der Waals surface area contributed by atoms with Gasteiger partial charge in [0.05, 0.1) is 11.5 Å². The number of amides is 1. The standard InChI is InChI=1S/C16H22N2O4S/c1-2-18(12-7-8-23(21,22)10-12)16(20)13-9-11-5-3-4-6-14(11)17-15(13)19/h9,12H,2-8,10H2,1H3,(H,17,19)/t12-/m1/s1. The first-order chi connectivity index (χ1) is 10.9. The first-order valence-electron chi connectivity index (χ1n) is 8.18. The normalized spacial score (nSPS) is 22.6. The van der Waals surface area contributed by atoms with Crippen molar-refractivity contribution in [2.24, 2.45) is 0 Å². The van der Waals surface area contributed by atoms with E-state index in [9.17, 15) is 18.0 Å². The molecule has 1 amide bonds. The van der Waals surface area contributed by atoms with Crippen molar-refractivity contribution in [3.8, 4) is 0 Å². The molecule has 1 saturated heterocycles. The quantitative estimate of drug-likeness (QED) is 0.887. The lowest BCUT2D eigenvalue weighted by Gasteiger charge is -2.27. The molecule has 1 atom stereocenters. The van der Waals surface area contributed by atoms with Gasteiger partial charge in [-0.1, -0.05) is 0 Å². The van der Waals surface area contributed by atoms with E-state index in [1.54, 1.807) is 6.07 Å². The Morgan fingerprint density at radius 2 is 2.09 bits per heavy atom. The lowest BCUT2D eigenvalue weighted by molar-refractivity contribution is 0.0706. The Kier molecular flexibility index (Phi) is 4.31. The molecule has 2 heterocycles. The van der Waals surface area contributed by atoms with Crippen molar-refractivity contribution in [1.82, 2.24) is 9.88 Å². The Balaban J connectivity index is 1.91. The fourth-order valence-electron chi connectivity index (χ4n) is 3.58. The van der Waals surface area contributed by atoms with Gasteiger partial charge in [-0.25, -0.2) is 8.42 Å². The van der Waals surface area contributed by atoms with Crippen LogP contribution in [0.1, 0.15) is 47.8 Å². The van der Waals surface area contributed by atoms with Gasteiger partial charge in [0.1, 0.15) is 5.56 Å². The third-order valence-electron chi connectivity index (χ3n) is 4.82. The maximum absolute atomic E-state index is 12.8. The first kappa shape index (κ1) is 16.2. The van der Waals surface area contributed by atoms with E-state index in [0.29, 0.717) is 13.0 Å². The summed E-state index contributed by atoms with van der Waals surface area (Å²) in [6, 6.07) is 1.38. The summed E-state index contributed by atoms with van der Waals surface area (Å²) in [6.07, 6.45) is 4.28. The van der Waals surface area contributed by atoms with Crippen LogP contribution in [0, 0.1) is 0 Å². The predicted molar refractivity (Wildman–Crippen MR) is 87.5 cm³/mol.